The van der Waals surface area contributed by atoms with Crippen LogP contribution in [0.15, 0.2) is 29.8 Å². The van der Waals surface area contributed by atoms with Gasteiger partial charge >= 0.3 is 11.9 Å². The van der Waals surface area contributed by atoms with Crippen LogP contribution in [-0.2, 0) is 19.1 Å². The summed E-state index contributed by atoms with van der Waals surface area (Å²) in [6.45, 7) is 3.79. The Balaban J connectivity index is 2.43. The van der Waals surface area contributed by atoms with Crippen molar-refractivity contribution in [2.24, 2.45) is 11.8 Å². The highest BCUT2D eigenvalue weighted by molar-refractivity contribution is 5.99. The first-order valence-electron chi connectivity index (χ1n) is 7.03. The molecule has 1 aromatic rings. The number of benzene rings is 1. The molecule has 0 radical (unpaired) electrons. The summed E-state index contributed by atoms with van der Waals surface area (Å²) in [5.41, 5.74) is 2.36. The average Bonchev–Trinajstić information content (AvgIpc) is 2.88. The first-order valence-corrected chi connectivity index (χ1v) is 7.03. The van der Waals surface area contributed by atoms with E-state index in [0.29, 0.717) is 5.56 Å². The molecular weight excluding hydrogens is 302 g/mol. The third-order valence-corrected chi connectivity index (χ3v) is 3.82. The second-order valence-corrected chi connectivity index (χ2v) is 5.46. The van der Waals surface area contributed by atoms with Gasteiger partial charge in [0.1, 0.15) is 0 Å². The molecule has 0 spiro atoms. The maximum Gasteiger partial charge on any atom is 0.321 e. The van der Waals surface area contributed by atoms with Crippen molar-refractivity contribution in [1.82, 2.24) is 0 Å². The van der Waals surface area contributed by atoms with Crippen LogP contribution in [0.25, 0.3) is 5.57 Å². The molecule has 0 saturated carbocycles. The van der Waals surface area contributed by atoms with Crippen LogP contribution in [0.4, 0.5) is 5.69 Å². The molecule has 2 rings (SSSR count). The molecule has 122 valence electrons. The highest BCUT2D eigenvalue weighted by Crippen LogP contribution is 2.37. The van der Waals surface area contributed by atoms with Gasteiger partial charge in [0.2, 0.25) is 0 Å². The average molecular weight is 319 g/mol. The Kier molecular flexibility index (Phi) is 4.78. The van der Waals surface area contributed by atoms with Gasteiger partial charge in [-0.2, -0.15) is 0 Å². The molecule has 0 N–H and O–H groups in total. The Morgan fingerprint density at radius 2 is 1.91 bits per heavy atom. The Bertz CT molecular complexity index is 672. The number of nitro groups is 1. The van der Waals surface area contributed by atoms with E-state index < -0.39 is 28.7 Å². The van der Waals surface area contributed by atoms with Gasteiger partial charge < -0.3 is 9.47 Å². The topological polar surface area (TPSA) is 95.7 Å². The maximum absolute atomic E-state index is 11.9. The predicted molar refractivity (Wildman–Crippen MR) is 81.3 cm³/mol. The number of nitro benzene ring substituents is 1. The molecule has 1 saturated heterocycles. The molecule has 0 unspecified atom stereocenters. The van der Waals surface area contributed by atoms with Crippen LogP contribution >= 0.6 is 0 Å². The zero-order valence-corrected chi connectivity index (χ0v) is 13.1. The van der Waals surface area contributed by atoms with Crippen molar-refractivity contribution in [1.29, 1.82) is 0 Å². The molecule has 1 aliphatic heterocycles. The summed E-state index contributed by atoms with van der Waals surface area (Å²) in [5, 5.41) is 10.8. The van der Waals surface area contributed by atoms with E-state index in [1.807, 2.05) is 13.8 Å². The third-order valence-electron chi connectivity index (χ3n) is 3.82. The van der Waals surface area contributed by atoms with Crippen molar-refractivity contribution in [3.63, 3.8) is 0 Å². The van der Waals surface area contributed by atoms with Crippen LogP contribution in [0.1, 0.15) is 19.4 Å². The number of ether oxygens (including phenoxy) is 2. The molecule has 1 aromatic carbocycles. The first-order chi connectivity index (χ1) is 10.9. The van der Waals surface area contributed by atoms with Crippen molar-refractivity contribution in [2.75, 3.05) is 13.7 Å². The third kappa shape index (κ3) is 3.23. The van der Waals surface area contributed by atoms with Crippen molar-refractivity contribution < 1.29 is 24.0 Å². The zero-order valence-electron chi connectivity index (χ0n) is 13.1. The van der Waals surface area contributed by atoms with E-state index in [9.17, 15) is 19.7 Å². The van der Waals surface area contributed by atoms with Crippen LogP contribution in [0, 0.1) is 22.0 Å². The highest BCUT2D eigenvalue weighted by atomic mass is 16.6. The predicted octanol–water partition coefficient (Wildman–Crippen LogP) is 2.35. The Morgan fingerprint density at radius 3 is 2.39 bits per heavy atom. The molecule has 23 heavy (non-hydrogen) atoms. The maximum atomic E-state index is 11.9. The number of non-ortho nitro benzene ring substituents is 1. The van der Waals surface area contributed by atoms with E-state index in [1.54, 1.807) is 12.1 Å². The molecule has 7 heteroatoms. The van der Waals surface area contributed by atoms with E-state index in [0.717, 1.165) is 11.1 Å². The lowest BCUT2D eigenvalue weighted by atomic mass is 9.82. The van der Waals surface area contributed by atoms with Crippen LogP contribution in [0.5, 0.6) is 0 Å². The van der Waals surface area contributed by atoms with Crippen molar-refractivity contribution in [3.8, 4) is 0 Å². The number of hydrogen-bond acceptors (Lipinski definition) is 6. The summed E-state index contributed by atoms with van der Waals surface area (Å²) in [4.78, 5) is 34.0. The van der Waals surface area contributed by atoms with Gasteiger partial charge in [-0.25, -0.2) is 0 Å². The number of methoxy groups -OCH3 is 1. The van der Waals surface area contributed by atoms with E-state index in [2.05, 4.69) is 0 Å². The molecule has 0 bridgehead atoms. The zero-order chi connectivity index (χ0) is 17.1. The summed E-state index contributed by atoms with van der Waals surface area (Å²) in [5.74, 6) is -2.73. The second kappa shape index (κ2) is 6.60. The molecule has 2 atom stereocenters. The number of carbonyl (C=O) groups is 2. The van der Waals surface area contributed by atoms with Crippen LogP contribution in [0.3, 0.4) is 0 Å². The standard InChI is InChI=1S/C16H17NO6/c1-9(2)13(10-4-6-11(7-5-10)17(20)21)12-8-23-16(19)14(12)15(18)22-3/h4-7,12,14H,8H2,1-3H3/t12-,14+/m0/s1. The molecule has 1 heterocycles. The Labute approximate surface area is 133 Å². The SMILES string of the molecule is COC(=O)[C@@H]1C(=O)OC[C@H]1C(=C(C)C)c1ccc([N+](=O)[O-])cc1. The summed E-state index contributed by atoms with van der Waals surface area (Å²) >= 11 is 0. The van der Waals surface area contributed by atoms with Gasteiger partial charge in [0, 0.05) is 18.1 Å². The molecule has 0 amide bonds. The number of nitrogens with zero attached hydrogens (tertiary/aromatic N) is 1. The van der Waals surface area contributed by atoms with Crippen LogP contribution in [0.2, 0.25) is 0 Å². The van der Waals surface area contributed by atoms with E-state index in [-0.39, 0.29) is 12.3 Å². The second-order valence-electron chi connectivity index (χ2n) is 5.46. The van der Waals surface area contributed by atoms with Gasteiger partial charge in [0.15, 0.2) is 5.92 Å². The monoisotopic (exact) mass is 319 g/mol. The fourth-order valence-corrected chi connectivity index (χ4v) is 2.80. The fraction of sp³-hybridized carbons (Fsp3) is 0.375. The number of rotatable bonds is 4. The lowest BCUT2D eigenvalue weighted by Crippen LogP contribution is -2.28. The first kappa shape index (κ1) is 16.7. The molecule has 1 aliphatic rings. The lowest BCUT2D eigenvalue weighted by Gasteiger charge is -2.19. The number of carbonyl (C=O) groups excluding carboxylic acids is 2. The molecule has 1 fully saturated rings. The normalized spacial score (nSPS) is 19.9. The quantitative estimate of drug-likeness (QED) is 0.366. The Hall–Kier alpha value is -2.70. The number of cyclic esters (lactones) is 1. The summed E-state index contributed by atoms with van der Waals surface area (Å²) in [6, 6.07) is 6.00. The van der Waals surface area contributed by atoms with E-state index in [1.165, 1.54) is 19.2 Å². The van der Waals surface area contributed by atoms with Crippen molar-refractivity contribution in [3.05, 3.63) is 45.5 Å². The van der Waals surface area contributed by atoms with Crippen molar-refractivity contribution >= 4 is 23.2 Å². The summed E-state index contributed by atoms with van der Waals surface area (Å²) in [7, 11) is 1.22. The van der Waals surface area contributed by atoms with E-state index >= 15 is 0 Å². The fourth-order valence-electron chi connectivity index (χ4n) is 2.80. The molecule has 0 aromatic heterocycles. The summed E-state index contributed by atoms with van der Waals surface area (Å²) < 4.78 is 9.73. The van der Waals surface area contributed by atoms with Crippen LogP contribution in [-0.4, -0.2) is 30.6 Å². The van der Waals surface area contributed by atoms with E-state index in [4.69, 9.17) is 9.47 Å². The minimum absolute atomic E-state index is 0.0230. The van der Waals surface area contributed by atoms with Gasteiger partial charge in [-0.3, -0.25) is 19.7 Å². The number of esters is 2. The highest BCUT2D eigenvalue weighted by Gasteiger charge is 2.45. The Morgan fingerprint density at radius 1 is 1.30 bits per heavy atom. The van der Waals surface area contributed by atoms with Crippen LogP contribution < -0.4 is 0 Å². The minimum Gasteiger partial charge on any atom is -0.468 e. The number of hydrogen-bond donors (Lipinski definition) is 0. The van der Waals surface area contributed by atoms with Crippen molar-refractivity contribution in [2.45, 2.75) is 13.8 Å². The smallest absolute Gasteiger partial charge is 0.321 e. The molecule has 7 nitrogen and oxygen atoms in total. The lowest BCUT2D eigenvalue weighted by molar-refractivity contribution is -0.384. The molecule has 0 aliphatic carbocycles. The minimum atomic E-state index is -1.01. The van der Waals surface area contributed by atoms with Gasteiger partial charge in [0.05, 0.1) is 18.6 Å². The van der Waals surface area contributed by atoms with Gasteiger partial charge in [-0.05, 0) is 37.1 Å². The van der Waals surface area contributed by atoms with Gasteiger partial charge in [-0.15, -0.1) is 0 Å². The largest absolute Gasteiger partial charge is 0.468 e. The van der Waals surface area contributed by atoms with Gasteiger partial charge in [0.25, 0.3) is 5.69 Å². The summed E-state index contributed by atoms with van der Waals surface area (Å²) in [6.07, 6.45) is 0. The molecular formula is C16H17NO6. The number of allylic oxidation sites excluding steroid dienone is 1. The van der Waals surface area contributed by atoms with Gasteiger partial charge in [-0.1, -0.05) is 5.57 Å².